The predicted molar refractivity (Wildman–Crippen MR) is 301 cm³/mol. The Labute approximate surface area is 418 Å². The zero-order chi connectivity index (χ0) is 48.9. The molecule has 7 aromatic rings. The molecule has 5 aliphatic rings. The van der Waals surface area contributed by atoms with Gasteiger partial charge in [-0.05, 0) is 168 Å². The Balaban J connectivity index is 1.26. The fraction of sp³-hybridized carbons (Fsp3) is 0.415. The average molecular weight is 925 g/mol. The third-order valence-electron chi connectivity index (χ3n) is 18.3. The van der Waals surface area contributed by atoms with Gasteiger partial charge in [-0.3, -0.25) is 0 Å². The Morgan fingerprint density at radius 2 is 1.06 bits per heavy atom. The molecule has 12 rings (SSSR count). The third-order valence-corrected chi connectivity index (χ3v) is 19.5. The summed E-state index contributed by atoms with van der Waals surface area (Å²) >= 11 is 2.04. The largest absolute Gasteiger partial charge is 0.311 e. The van der Waals surface area contributed by atoms with E-state index < -0.39 is 0 Å². The lowest BCUT2D eigenvalue weighted by Gasteiger charge is -2.48. The van der Waals surface area contributed by atoms with Crippen molar-refractivity contribution in [1.82, 2.24) is 0 Å². The topological polar surface area (TPSA) is 6.48 Å². The number of rotatable bonds is 2. The Bertz CT molecular complexity index is 3360. The van der Waals surface area contributed by atoms with Crippen molar-refractivity contribution < 1.29 is 0 Å². The molecule has 3 aliphatic carbocycles. The highest BCUT2D eigenvalue weighted by atomic mass is 32.1. The SMILES string of the molecule is CC(C)(C)c1cc2c3c(c1)N(c1cccc4c1-c1ccccc1C4(C)C)c1c(sc4ccc(C(C)(C)C)cc14)B3c1cc3c(cc1N2c1ccc2c(c1)C(C)(C)CCC2(C)C)C(C)(C)CCC3(C)C. The van der Waals surface area contributed by atoms with Gasteiger partial charge in [0.15, 0.2) is 0 Å². The van der Waals surface area contributed by atoms with Crippen molar-refractivity contribution in [2.45, 2.75) is 174 Å². The third kappa shape index (κ3) is 6.35. The summed E-state index contributed by atoms with van der Waals surface area (Å²) in [6, 6.07) is 42.1. The molecule has 69 heavy (non-hydrogen) atoms. The summed E-state index contributed by atoms with van der Waals surface area (Å²) in [5.74, 6) is 0. The molecule has 3 heterocycles. The molecule has 0 unspecified atom stereocenters. The highest BCUT2D eigenvalue weighted by Crippen LogP contribution is 2.58. The molecule has 4 heteroatoms. The minimum atomic E-state index is -0.129. The highest BCUT2D eigenvalue weighted by Gasteiger charge is 2.50. The van der Waals surface area contributed by atoms with Crippen LogP contribution in [0.5, 0.6) is 0 Å². The molecular formula is C65H73BN2S. The van der Waals surface area contributed by atoms with Crippen LogP contribution in [-0.2, 0) is 37.9 Å². The average Bonchev–Trinajstić information content (AvgIpc) is 3.77. The lowest BCUT2D eigenvalue weighted by Crippen LogP contribution is -2.61. The fourth-order valence-corrected chi connectivity index (χ4v) is 14.9. The summed E-state index contributed by atoms with van der Waals surface area (Å²) in [4.78, 5) is 5.52. The van der Waals surface area contributed by atoms with E-state index in [4.69, 9.17) is 0 Å². The van der Waals surface area contributed by atoms with Crippen molar-refractivity contribution in [3.63, 3.8) is 0 Å². The van der Waals surface area contributed by atoms with Gasteiger partial charge in [-0.15, -0.1) is 11.3 Å². The number of hydrogen-bond donors (Lipinski definition) is 0. The molecule has 0 atom stereocenters. The molecule has 0 N–H and O–H groups in total. The summed E-state index contributed by atoms with van der Waals surface area (Å²) in [7, 11) is 0. The Morgan fingerprint density at radius 1 is 0.478 bits per heavy atom. The molecular weight excluding hydrogens is 852 g/mol. The van der Waals surface area contributed by atoms with Crippen LogP contribution in [0.1, 0.15) is 181 Å². The first kappa shape index (κ1) is 45.1. The van der Waals surface area contributed by atoms with Gasteiger partial charge in [0, 0.05) is 48.6 Å². The van der Waals surface area contributed by atoms with Gasteiger partial charge < -0.3 is 9.80 Å². The molecule has 0 amide bonds. The number of hydrogen-bond acceptors (Lipinski definition) is 3. The van der Waals surface area contributed by atoms with Crippen LogP contribution in [0, 0.1) is 0 Å². The molecule has 1 aromatic heterocycles. The van der Waals surface area contributed by atoms with E-state index in [0.717, 1.165) is 0 Å². The second-order valence-corrected chi connectivity index (χ2v) is 28.2. The maximum absolute atomic E-state index is 2.77. The molecule has 2 aliphatic heterocycles. The van der Waals surface area contributed by atoms with E-state index in [2.05, 4.69) is 224 Å². The maximum atomic E-state index is 2.77. The summed E-state index contributed by atoms with van der Waals surface area (Å²) in [6.45, 7) is 39.2. The first-order valence-electron chi connectivity index (χ1n) is 26.1. The van der Waals surface area contributed by atoms with Gasteiger partial charge in [-0.1, -0.05) is 165 Å². The van der Waals surface area contributed by atoms with Crippen molar-refractivity contribution in [1.29, 1.82) is 0 Å². The molecule has 0 spiro atoms. The lowest BCUT2D eigenvalue weighted by molar-refractivity contribution is 0.332. The van der Waals surface area contributed by atoms with E-state index in [1.54, 1.807) is 0 Å². The van der Waals surface area contributed by atoms with E-state index in [-0.39, 0.29) is 44.6 Å². The zero-order valence-electron chi connectivity index (χ0n) is 44.5. The van der Waals surface area contributed by atoms with Crippen molar-refractivity contribution in [3.05, 3.63) is 148 Å². The molecule has 6 aromatic carbocycles. The smallest absolute Gasteiger partial charge is 0.264 e. The van der Waals surface area contributed by atoms with Crippen LogP contribution >= 0.6 is 11.3 Å². The summed E-state index contributed by atoms with van der Waals surface area (Å²) in [5.41, 5.74) is 25.2. The Kier molecular flexibility index (Phi) is 9.21. The predicted octanol–water partition coefficient (Wildman–Crippen LogP) is 16.6. The molecule has 352 valence electrons. The normalized spacial score (nSPS) is 19.6. The van der Waals surface area contributed by atoms with Crippen molar-refractivity contribution in [3.8, 4) is 11.1 Å². The van der Waals surface area contributed by atoms with Crippen molar-refractivity contribution >= 4 is 78.0 Å². The second-order valence-electron chi connectivity index (χ2n) is 27.2. The van der Waals surface area contributed by atoms with Crippen molar-refractivity contribution in [2.75, 3.05) is 9.80 Å². The summed E-state index contributed by atoms with van der Waals surface area (Å²) in [5, 5.41) is 1.36. The fourth-order valence-electron chi connectivity index (χ4n) is 13.6. The van der Waals surface area contributed by atoms with Gasteiger partial charge in [0.25, 0.3) is 6.71 Å². The van der Waals surface area contributed by atoms with Gasteiger partial charge in [-0.25, -0.2) is 0 Å². The van der Waals surface area contributed by atoms with E-state index >= 15 is 0 Å². The molecule has 0 saturated heterocycles. The van der Waals surface area contributed by atoms with Crippen LogP contribution in [-0.4, -0.2) is 6.71 Å². The van der Waals surface area contributed by atoms with Crippen LogP contribution in [0.3, 0.4) is 0 Å². The minimum Gasteiger partial charge on any atom is -0.311 e. The first-order valence-corrected chi connectivity index (χ1v) is 27.0. The van der Waals surface area contributed by atoms with Crippen molar-refractivity contribution in [2.24, 2.45) is 0 Å². The first-order chi connectivity index (χ1) is 32.2. The van der Waals surface area contributed by atoms with E-state index in [1.165, 1.54) is 141 Å². The molecule has 0 saturated carbocycles. The number of anilines is 6. The lowest BCUT2D eigenvalue weighted by atomic mass is 9.35. The second kappa shape index (κ2) is 14.1. The number of benzene rings is 6. The van der Waals surface area contributed by atoms with Crippen LogP contribution in [0.25, 0.3) is 21.2 Å². The highest BCUT2D eigenvalue weighted by molar-refractivity contribution is 7.33. The van der Waals surface area contributed by atoms with Crippen LogP contribution in [0.2, 0.25) is 0 Å². The van der Waals surface area contributed by atoms with Gasteiger partial charge in [-0.2, -0.15) is 0 Å². The quantitative estimate of drug-likeness (QED) is 0.159. The summed E-state index contributed by atoms with van der Waals surface area (Å²) in [6.07, 6.45) is 4.75. The van der Waals surface area contributed by atoms with Gasteiger partial charge in [0.2, 0.25) is 0 Å². The molecule has 0 radical (unpaired) electrons. The molecule has 0 bridgehead atoms. The van der Waals surface area contributed by atoms with Gasteiger partial charge in [0.05, 0.1) is 11.4 Å². The number of nitrogens with zero attached hydrogens (tertiary/aromatic N) is 2. The zero-order valence-corrected chi connectivity index (χ0v) is 45.3. The Hall–Kier alpha value is -5.06. The summed E-state index contributed by atoms with van der Waals surface area (Å²) < 4.78 is 2.82. The van der Waals surface area contributed by atoms with Crippen LogP contribution in [0.15, 0.2) is 103 Å². The van der Waals surface area contributed by atoms with Gasteiger partial charge >= 0.3 is 0 Å². The standard InChI is InChI=1S/C65H73BN2S/c1-59(2,3)38-24-27-54-42(32-38)57-58(69-54)66-49-36-47-48(64(13,14)31-30-63(47,11)12)37-51(49)67(40-25-26-44-46(35-40)62(9,10)29-28-61(44,7)8)52-33-39(60(4,5)6)34-53(56(52)66)68(57)50-23-19-22-45-55(50)41-20-17-18-21-43(41)65(45,15)16/h17-27,32-37H,28-31H2,1-16H3. The van der Waals surface area contributed by atoms with E-state index in [1.807, 2.05) is 11.3 Å². The number of thiophene rings is 1. The maximum Gasteiger partial charge on any atom is 0.264 e. The number of fused-ring (bicyclic) bond motifs is 11. The Morgan fingerprint density at radius 3 is 1.71 bits per heavy atom. The monoisotopic (exact) mass is 925 g/mol. The van der Waals surface area contributed by atoms with E-state index in [0.29, 0.717) is 0 Å². The minimum absolute atomic E-state index is 0.00199. The van der Waals surface area contributed by atoms with E-state index in [9.17, 15) is 0 Å². The van der Waals surface area contributed by atoms with Gasteiger partial charge in [0.1, 0.15) is 0 Å². The molecule has 0 fully saturated rings. The van der Waals surface area contributed by atoms with Crippen LogP contribution in [0.4, 0.5) is 34.1 Å². The van der Waals surface area contributed by atoms with Crippen LogP contribution < -0.4 is 25.5 Å². The molecule has 2 nitrogen and oxygen atoms in total.